The number of halogens is 2. The van der Waals surface area contributed by atoms with Gasteiger partial charge in [-0.3, -0.25) is 0 Å². The smallest absolute Gasteiger partial charge is 0.128 e. The summed E-state index contributed by atoms with van der Waals surface area (Å²) in [5.41, 5.74) is -0.726. The van der Waals surface area contributed by atoms with Crippen molar-refractivity contribution in [2.45, 2.75) is 31.2 Å². The molecule has 1 atom stereocenters. The molecule has 0 spiro atoms. The first-order chi connectivity index (χ1) is 5.77. The molecule has 0 aromatic rings. The molecule has 0 saturated carbocycles. The minimum atomic E-state index is -0.726. The molecular weight excluding hydrogens is 199 g/mol. The van der Waals surface area contributed by atoms with Crippen molar-refractivity contribution in [1.29, 1.82) is 0 Å². The van der Waals surface area contributed by atoms with Gasteiger partial charge in [-0.05, 0) is 25.7 Å². The van der Waals surface area contributed by atoms with Gasteiger partial charge in [0, 0.05) is 19.1 Å². The van der Waals surface area contributed by atoms with E-state index < -0.39 is 5.56 Å². The Labute approximate surface area is 83.8 Å². The lowest BCUT2D eigenvalue weighted by atomic mass is 10.3. The lowest BCUT2D eigenvalue weighted by Crippen LogP contribution is -2.01. The summed E-state index contributed by atoms with van der Waals surface area (Å²) in [6.07, 6.45) is 3.41. The van der Waals surface area contributed by atoms with Crippen LogP contribution >= 0.6 is 23.2 Å². The van der Waals surface area contributed by atoms with Gasteiger partial charge >= 0.3 is 0 Å². The zero-order chi connectivity index (χ0) is 9.23. The summed E-state index contributed by atoms with van der Waals surface area (Å²) >= 11 is 10.8. The Morgan fingerprint density at radius 2 is 1.83 bits per heavy atom. The number of hydrogen-bond donors (Lipinski definition) is 1. The van der Waals surface area contributed by atoms with Crippen molar-refractivity contribution in [3.05, 3.63) is 0 Å². The number of rotatable bonds is 8. The summed E-state index contributed by atoms with van der Waals surface area (Å²) in [6.45, 7) is 1.43. The fourth-order valence-corrected chi connectivity index (χ4v) is 1.10. The third-order valence-corrected chi connectivity index (χ3v) is 1.89. The highest BCUT2D eigenvalue weighted by atomic mass is 35.5. The Morgan fingerprint density at radius 1 is 1.17 bits per heavy atom. The van der Waals surface area contributed by atoms with Gasteiger partial charge in [-0.25, -0.2) is 0 Å². The van der Waals surface area contributed by atoms with Crippen LogP contribution in [-0.2, 0) is 4.74 Å². The third-order valence-electron chi connectivity index (χ3n) is 1.40. The molecule has 2 nitrogen and oxygen atoms in total. The standard InChI is InChI=1S/C8H16Cl2O2/c9-5-1-2-6-12-7-3-4-8(10)11/h8,11H,1-7H2. The van der Waals surface area contributed by atoms with Crippen molar-refractivity contribution in [2.24, 2.45) is 0 Å². The van der Waals surface area contributed by atoms with Gasteiger partial charge in [0.15, 0.2) is 0 Å². The zero-order valence-corrected chi connectivity index (χ0v) is 8.65. The Balaban J connectivity index is 2.82. The quantitative estimate of drug-likeness (QED) is 0.497. The van der Waals surface area contributed by atoms with E-state index in [1.54, 1.807) is 0 Å². The van der Waals surface area contributed by atoms with E-state index in [1.807, 2.05) is 0 Å². The summed E-state index contributed by atoms with van der Waals surface area (Å²) in [6, 6.07) is 0. The molecule has 1 N–H and O–H groups in total. The minimum Gasteiger partial charge on any atom is -0.381 e. The molecule has 0 heterocycles. The topological polar surface area (TPSA) is 29.5 Å². The number of hydrogen-bond acceptors (Lipinski definition) is 2. The van der Waals surface area contributed by atoms with Crippen LogP contribution in [0.3, 0.4) is 0 Å². The summed E-state index contributed by atoms with van der Waals surface area (Å²) in [5, 5.41) is 8.69. The molecule has 0 fully saturated rings. The second-order valence-corrected chi connectivity index (χ2v) is 3.47. The highest BCUT2D eigenvalue weighted by molar-refractivity contribution is 6.19. The SMILES string of the molecule is OC(Cl)CCCOCCCCCl. The van der Waals surface area contributed by atoms with Gasteiger partial charge in [-0.1, -0.05) is 11.6 Å². The second-order valence-electron chi connectivity index (χ2n) is 2.59. The van der Waals surface area contributed by atoms with E-state index >= 15 is 0 Å². The number of aliphatic hydroxyl groups is 1. The van der Waals surface area contributed by atoms with Gasteiger partial charge in [0.2, 0.25) is 0 Å². The molecule has 0 bridgehead atoms. The van der Waals surface area contributed by atoms with Crippen LogP contribution in [0.15, 0.2) is 0 Å². The Morgan fingerprint density at radius 3 is 2.42 bits per heavy atom. The highest BCUT2D eigenvalue weighted by Gasteiger charge is 1.96. The Kier molecular flexibility index (Phi) is 9.99. The van der Waals surface area contributed by atoms with Gasteiger partial charge in [-0.15, -0.1) is 11.6 Å². The third kappa shape index (κ3) is 10.5. The van der Waals surface area contributed by atoms with Crippen LogP contribution in [0.5, 0.6) is 0 Å². The molecule has 74 valence electrons. The Bertz CT molecular complexity index is 89.1. The summed E-state index contributed by atoms with van der Waals surface area (Å²) in [7, 11) is 0. The molecule has 4 heteroatoms. The molecule has 0 aliphatic heterocycles. The van der Waals surface area contributed by atoms with Gasteiger partial charge in [-0.2, -0.15) is 0 Å². The molecule has 0 aliphatic rings. The van der Waals surface area contributed by atoms with Crippen LogP contribution in [0.4, 0.5) is 0 Å². The van der Waals surface area contributed by atoms with E-state index in [0.717, 1.165) is 25.9 Å². The van der Waals surface area contributed by atoms with Crippen molar-refractivity contribution < 1.29 is 9.84 Å². The summed E-state index contributed by atoms with van der Waals surface area (Å²) < 4.78 is 5.26. The number of ether oxygens (including phenoxy) is 1. The molecule has 0 saturated heterocycles. The van der Waals surface area contributed by atoms with Gasteiger partial charge < -0.3 is 9.84 Å². The molecule has 0 radical (unpaired) electrons. The zero-order valence-electron chi connectivity index (χ0n) is 7.14. The van der Waals surface area contributed by atoms with E-state index in [-0.39, 0.29) is 0 Å². The molecule has 12 heavy (non-hydrogen) atoms. The van der Waals surface area contributed by atoms with E-state index in [4.69, 9.17) is 33.0 Å². The van der Waals surface area contributed by atoms with Gasteiger partial charge in [0.05, 0.1) is 0 Å². The van der Waals surface area contributed by atoms with Crippen LogP contribution in [0.25, 0.3) is 0 Å². The average Bonchev–Trinajstić information content (AvgIpc) is 2.02. The summed E-state index contributed by atoms with van der Waals surface area (Å²) in [4.78, 5) is 0. The molecule has 0 amide bonds. The molecule has 1 unspecified atom stereocenters. The van der Waals surface area contributed by atoms with E-state index in [9.17, 15) is 0 Å². The normalized spacial score (nSPS) is 13.2. The van der Waals surface area contributed by atoms with E-state index in [1.165, 1.54) is 0 Å². The number of aliphatic hydroxyl groups excluding tert-OH is 1. The first-order valence-electron chi connectivity index (χ1n) is 4.23. The fourth-order valence-electron chi connectivity index (χ4n) is 0.755. The first-order valence-corrected chi connectivity index (χ1v) is 5.20. The van der Waals surface area contributed by atoms with Gasteiger partial charge in [0.1, 0.15) is 5.56 Å². The van der Waals surface area contributed by atoms with Crippen LogP contribution in [-0.4, -0.2) is 29.8 Å². The minimum absolute atomic E-state index is 0.594. The van der Waals surface area contributed by atoms with Crippen LogP contribution in [0, 0.1) is 0 Å². The lowest BCUT2D eigenvalue weighted by molar-refractivity contribution is 0.119. The summed E-state index contributed by atoms with van der Waals surface area (Å²) in [5.74, 6) is 0.698. The fraction of sp³-hybridized carbons (Fsp3) is 1.00. The molecule has 0 aromatic carbocycles. The van der Waals surface area contributed by atoms with Crippen molar-refractivity contribution in [3.8, 4) is 0 Å². The maximum Gasteiger partial charge on any atom is 0.128 e. The van der Waals surface area contributed by atoms with Crippen molar-refractivity contribution in [2.75, 3.05) is 19.1 Å². The van der Waals surface area contributed by atoms with Crippen molar-refractivity contribution >= 4 is 23.2 Å². The monoisotopic (exact) mass is 214 g/mol. The van der Waals surface area contributed by atoms with Crippen LogP contribution < -0.4 is 0 Å². The average molecular weight is 215 g/mol. The first kappa shape index (κ1) is 12.5. The van der Waals surface area contributed by atoms with Crippen molar-refractivity contribution in [1.82, 2.24) is 0 Å². The largest absolute Gasteiger partial charge is 0.381 e. The molecule has 0 aromatic heterocycles. The number of unbranched alkanes of at least 4 members (excludes halogenated alkanes) is 1. The predicted molar refractivity (Wildman–Crippen MR) is 51.9 cm³/mol. The maximum absolute atomic E-state index is 8.69. The predicted octanol–water partition coefficient (Wildman–Crippen LogP) is 2.36. The number of alkyl halides is 2. The van der Waals surface area contributed by atoms with E-state index in [0.29, 0.717) is 18.9 Å². The molecule has 0 aliphatic carbocycles. The second kappa shape index (κ2) is 9.59. The highest BCUT2D eigenvalue weighted by Crippen LogP contribution is 2.01. The maximum atomic E-state index is 8.69. The van der Waals surface area contributed by atoms with Gasteiger partial charge in [0.25, 0.3) is 0 Å². The van der Waals surface area contributed by atoms with Crippen LogP contribution in [0.1, 0.15) is 25.7 Å². The van der Waals surface area contributed by atoms with Crippen molar-refractivity contribution in [3.63, 3.8) is 0 Å². The Hall–Kier alpha value is 0.500. The van der Waals surface area contributed by atoms with Crippen LogP contribution in [0.2, 0.25) is 0 Å². The van der Waals surface area contributed by atoms with E-state index in [2.05, 4.69) is 0 Å². The molecule has 0 rings (SSSR count). The lowest BCUT2D eigenvalue weighted by Gasteiger charge is -2.03. The molecular formula is C8H16Cl2O2.